The molecular weight excluding hydrogens is 326 g/mol. The Labute approximate surface area is 138 Å². The number of likely N-dealkylation sites (tertiary alicyclic amines) is 1. The highest BCUT2D eigenvalue weighted by molar-refractivity contribution is 5.44. The molecule has 2 fully saturated rings. The first-order valence-corrected chi connectivity index (χ1v) is 8.18. The number of aromatic hydroxyl groups is 1. The summed E-state index contributed by atoms with van der Waals surface area (Å²) >= 11 is 0. The van der Waals surface area contributed by atoms with Crippen LogP contribution in [0.25, 0.3) is 0 Å². The number of hydrogen-bond acceptors (Lipinski definition) is 1. The monoisotopic (exact) mass is 351 g/mol. The highest BCUT2D eigenvalue weighted by atomic mass is 79.9. The maximum absolute atomic E-state index is 9.97. The number of nitrogens with zero attached hydrogens (tertiary/aromatic N) is 1. The van der Waals surface area contributed by atoms with Crippen molar-refractivity contribution < 1.29 is 26.6 Å². The van der Waals surface area contributed by atoms with E-state index in [-0.39, 0.29) is 17.0 Å². The van der Waals surface area contributed by atoms with Gasteiger partial charge in [-0.25, -0.2) is 0 Å². The highest BCUT2D eigenvalue weighted by Crippen LogP contribution is 2.57. The lowest BCUT2D eigenvalue weighted by Crippen LogP contribution is -3.00. The predicted molar refractivity (Wildman–Crippen MR) is 80.8 cm³/mol. The molecule has 0 radical (unpaired) electrons. The minimum atomic E-state index is 0. The minimum absolute atomic E-state index is 0. The number of quaternary nitrogens is 1. The van der Waals surface area contributed by atoms with Crippen LogP contribution in [0, 0.1) is 5.92 Å². The van der Waals surface area contributed by atoms with E-state index in [1.165, 1.54) is 60.7 Å². The molecule has 1 aromatic rings. The molecule has 0 spiro atoms. The number of benzene rings is 1. The summed E-state index contributed by atoms with van der Waals surface area (Å²) in [7, 11) is 4.85. The van der Waals surface area contributed by atoms with Gasteiger partial charge in [0.25, 0.3) is 0 Å². The van der Waals surface area contributed by atoms with Crippen molar-refractivity contribution in [2.24, 2.45) is 5.92 Å². The number of hydrogen-bond donors (Lipinski definition) is 1. The Bertz CT molecular complexity index is 556. The molecule has 2 aliphatic carbocycles. The van der Waals surface area contributed by atoms with E-state index in [0.29, 0.717) is 11.2 Å². The van der Waals surface area contributed by atoms with Crippen LogP contribution in [-0.2, 0) is 11.8 Å². The van der Waals surface area contributed by atoms with Crippen LogP contribution in [-0.4, -0.2) is 36.3 Å². The van der Waals surface area contributed by atoms with Gasteiger partial charge in [0.2, 0.25) is 0 Å². The Balaban J connectivity index is 0.00000132. The lowest BCUT2D eigenvalue weighted by molar-refractivity contribution is -0.927. The molecule has 0 amide bonds. The lowest BCUT2D eigenvalue weighted by atomic mass is 9.52. The molecule has 0 aromatic heterocycles. The van der Waals surface area contributed by atoms with Crippen LogP contribution in [0.2, 0.25) is 0 Å². The maximum atomic E-state index is 9.97. The first-order chi connectivity index (χ1) is 9.53. The van der Waals surface area contributed by atoms with Crippen molar-refractivity contribution in [2.75, 3.05) is 20.6 Å². The molecule has 21 heavy (non-hydrogen) atoms. The van der Waals surface area contributed by atoms with Gasteiger partial charge in [0.15, 0.2) is 0 Å². The van der Waals surface area contributed by atoms with Gasteiger partial charge in [0.1, 0.15) is 5.75 Å². The highest BCUT2D eigenvalue weighted by Gasteiger charge is 2.57. The van der Waals surface area contributed by atoms with E-state index in [2.05, 4.69) is 26.2 Å². The van der Waals surface area contributed by atoms with Crippen LogP contribution in [0.4, 0.5) is 0 Å². The van der Waals surface area contributed by atoms with Crippen molar-refractivity contribution in [3.8, 4) is 5.75 Å². The number of phenolic OH excluding ortho intramolecular Hbond substituents is 1. The number of fused-ring (bicyclic) bond motifs is 1. The third kappa shape index (κ3) is 2.08. The standard InChI is InChI=1S/C18H25NO.BrH/c1-19(2)10-9-18-8-4-3-5-15(18)17(19)11-13-6-7-14(20)12-16(13)18;/h6-7,12,15,17H,3-5,8-11H2,1-2H3;1H/t15-,17+,18+;/m0./s1. The molecule has 116 valence electrons. The van der Waals surface area contributed by atoms with Crippen LogP contribution >= 0.6 is 0 Å². The molecule has 1 aromatic carbocycles. The van der Waals surface area contributed by atoms with Crippen molar-refractivity contribution in [3.63, 3.8) is 0 Å². The molecular formula is C18H26BrNO. The lowest BCUT2D eigenvalue weighted by Gasteiger charge is -2.60. The van der Waals surface area contributed by atoms with Crippen LogP contribution in [0.5, 0.6) is 5.75 Å². The van der Waals surface area contributed by atoms with Gasteiger partial charge in [-0.3, -0.25) is 0 Å². The molecule has 3 aliphatic rings. The van der Waals surface area contributed by atoms with E-state index in [9.17, 15) is 5.11 Å². The van der Waals surface area contributed by atoms with Crippen molar-refractivity contribution in [3.05, 3.63) is 29.3 Å². The van der Waals surface area contributed by atoms with Gasteiger partial charge < -0.3 is 26.6 Å². The van der Waals surface area contributed by atoms with Crippen LogP contribution < -0.4 is 17.0 Å². The van der Waals surface area contributed by atoms with Crippen molar-refractivity contribution >= 4 is 0 Å². The van der Waals surface area contributed by atoms with Gasteiger partial charge >= 0.3 is 0 Å². The maximum Gasteiger partial charge on any atom is 0.115 e. The predicted octanol–water partition coefficient (Wildman–Crippen LogP) is 0.229. The Hall–Kier alpha value is -0.540. The zero-order valence-corrected chi connectivity index (χ0v) is 14.7. The fourth-order valence-electron chi connectivity index (χ4n) is 5.57. The van der Waals surface area contributed by atoms with Gasteiger partial charge in [-0.1, -0.05) is 18.9 Å². The summed E-state index contributed by atoms with van der Waals surface area (Å²) < 4.78 is 1.19. The average Bonchev–Trinajstić information content (AvgIpc) is 2.44. The molecule has 2 nitrogen and oxygen atoms in total. The summed E-state index contributed by atoms with van der Waals surface area (Å²) in [6.07, 6.45) is 8.00. The third-order valence-corrected chi connectivity index (χ3v) is 6.65. The molecule has 3 atom stereocenters. The van der Waals surface area contributed by atoms with Crippen LogP contribution in [0.1, 0.15) is 43.2 Å². The number of phenols is 1. The second-order valence-electron chi connectivity index (χ2n) is 7.87. The van der Waals surface area contributed by atoms with Gasteiger partial charge in [-0.15, -0.1) is 0 Å². The zero-order chi connectivity index (χ0) is 14.0. The Morgan fingerprint density at radius 2 is 2.00 bits per heavy atom. The van der Waals surface area contributed by atoms with Crippen molar-refractivity contribution in [2.45, 2.75) is 50.0 Å². The van der Waals surface area contributed by atoms with Gasteiger partial charge in [-0.2, -0.15) is 0 Å². The van der Waals surface area contributed by atoms with E-state index >= 15 is 0 Å². The molecule has 4 rings (SSSR count). The summed E-state index contributed by atoms with van der Waals surface area (Å²) in [5, 5.41) is 9.97. The first-order valence-electron chi connectivity index (χ1n) is 8.18. The Kier molecular flexibility index (Phi) is 3.65. The van der Waals surface area contributed by atoms with E-state index < -0.39 is 0 Å². The third-order valence-electron chi connectivity index (χ3n) is 6.65. The average molecular weight is 352 g/mol. The number of rotatable bonds is 0. The fraction of sp³-hybridized carbons (Fsp3) is 0.667. The summed E-state index contributed by atoms with van der Waals surface area (Å²) in [6, 6.07) is 6.94. The van der Waals surface area contributed by atoms with Crippen LogP contribution in [0.3, 0.4) is 0 Å². The smallest absolute Gasteiger partial charge is 0.115 e. The fourth-order valence-corrected chi connectivity index (χ4v) is 5.57. The first kappa shape index (κ1) is 15.4. The topological polar surface area (TPSA) is 20.2 Å². The Morgan fingerprint density at radius 1 is 1.19 bits per heavy atom. The Morgan fingerprint density at radius 3 is 2.81 bits per heavy atom. The summed E-state index contributed by atoms with van der Waals surface area (Å²) in [5.74, 6) is 1.29. The van der Waals surface area contributed by atoms with E-state index in [4.69, 9.17) is 0 Å². The van der Waals surface area contributed by atoms with E-state index in [1.807, 2.05) is 6.07 Å². The molecule has 1 aliphatic heterocycles. The van der Waals surface area contributed by atoms with Gasteiger partial charge in [-0.05, 0) is 36.1 Å². The second kappa shape index (κ2) is 4.99. The largest absolute Gasteiger partial charge is 1.00 e. The molecule has 0 unspecified atom stereocenters. The number of halogens is 1. The molecule has 1 saturated heterocycles. The molecule has 2 bridgehead atoms. The van der Waals surface area contributed by atoms with Gasteiger partial charge in [0, 0.05) is 24.2 Å². The van der Waals surface area contributed by atoms with E-state index in [1.54, 1.807) is 0 Å². The molecule has 1 saturated carbocycles. The van der Waals surface area contributed by atoms with E-state index in [0.717, 1.165) is 12.0 Å². The zero-order valence-electron chi connectivity index (χ0n) is 13.1. The summed E-state index contributed by atoms with van der Waals surface area (Å²) in [6.45, 7) is 1.29. The summed E-state index contributed by atoms with van der Waals surface area (Å²) in [4.78, 5) is 0. The number of piperidine rings is 1. The number of likely N-dealkylation sites (N-methyl/N-ethyl adjacent to an activating group) is 1. The molecule has 3 heteroatoms. The van der Waals surface area contributed by atoms with Crippen LogP contribution in [0.15, 0.2) is 18.2 Å². The molecule has 1 N–H and O–H groups in total. The van der Waals surface area contributed by atoms with Crippen molar-refractivity contribution in [1.82, 2.24) is 0 Å². The summed E-state index contributed by atoms with van der Waals surface area (Å²) in [5.41, 5.74) is 3.39. The quantitative estimate of drug-likeness (QED) is 0.663. The molecule has 1 heterocycles. The SMILES string of the molecule is C[N+]1(C)CC[C@]23CCCC[C@H]2[C@H]1Cc1ccc(O)cc13.[Br-]. The minimum Gasteiger partial charge on any atom is -1.00 e. The normalized spacial score (nSPS) is 36.1. The second-order valence-corrected chi connectivity index (χ2v) is 7.87. The van der Waals surface area contributed by atoms with Crippen molar-refractivity contribution in [1.29, 1.82) is 0 Å². The van der Waals surface area contributed by atoms with Gasteiger partial charge in [0.05, 0.1) is 26.7 Å².